The fourth-order valence-electron chi connectivity index (χ4n) is 1.83. The lowest BCUT2D eigenvalue weighted by molar-refractivity contribution is -0.389. The third-order valence-corrected chi connectivity index (χ3v) is 2.70. The molecule has 0 saturated heterocycles. The SMILES string of the molecule is O=c1cc(-c2ccccc2)nc2cc([N+](=O)[O-])[nH]n12. The highest BCUT2D eigenvalue weighted by Gasteiger charge is 2.13. The summed E-state index contributed by atoms with van der Waals surface area (Å²) < 4.78 is 1.05. The van der Waals surface area contributed by atoms with Crippen LogP contribution in [0.1, 0.15) is 0 Å². The molecule has 19 heavy (non-hydrogen) atoms. The van der Waals surface area contributed by atoms with E-state index in [9.17, 15) is 14.9 Å². The lowest BCUT2D eigenvalue weighted by Gasteiger charge is -1.98. The molecule has 0 aliphatic rings. The largest absolute Gasteiger partial charge is 0.358 e. The third kappa shape index (κ3) is 1.86. The van der Waals surface area contributed by atoms with Crippen LogP contribution in [-0.2, 0) is 0 Å². The molecule has 0 fully saturated rings. The van der Waals surface area contributed by atoms with Gasteiger partial charge in [0.05, 0.1) is 11.8 Å². The first kappa shape index (κ1) is 11.1. The maximum absolute atomic E-state index is 11.9. The highest BCUT2D eigenvalue weighted by Crippen LogP contribution is 2.17. The van der Waals surface area contributed by atoms with Crippen LogP contribution in [0.4, 0.5) is 5.82 Å². The van der Waals surface area contributed by atoms with Crippen molar-refractivity contribution in [2.75, 3.05) is 0 Å². The van der Waals surface area contributed by atoms with Crippen LogP contribution in [0.15, 0.2) is 47.3 Å². The molecule has 0 aliphatic heterocycles. The first-order chi connectivity index (χ1) is 9.15. The predicted octanol–water partition coefficient (Wildman–Crippen LogP) is 1.60. The van der Waals surface area contributed by atoms with Crippen molar-refractivity contribution in [2.24, 2.45) is 0 Å². The van der Waals surface area contributed by atoms with E-state index in [0.717, 1.165) is 10.1 Å². The van der Waals surface area contributed by atoms with E-state index in [4.69, 9.17) is 0 Å². The van der Waals surface area contributed by atoms with Crippen LogP contribution in [-0.4, -0.2) is 19.5 Å². The summed E-state index contributed by atoms with van der Waals surface area (Å²) >= 11 is 0. The van der Waals surface area contributed by atoms with Crippen LogP contribution >= 0.6 is 0 Å². The quantitative estimate of drug-likeness (QED) is 0.556. The Morgan fingerprint density at radius 3 is 2.63 bits per heavy atom. The van der Waals surface area contributed by atoms with E-state index in [1.54, 1.807) is 0 Å². The maximum atomic E-state index is 11.9. The normalized spacial score (nSPS) is 10.7. The number of rotatable bonds is 2. The minimum absolute atomic E-state index is 0.220. The molecule has 7 heteroatoms. The average Bonchev–Trinajstić information content (AvgIpc) is 2.84. The van der Waals surface area contributed by atoms with Crippen LogP contribution in [0, 0.1) is 10.1 Å². The molecule has 0 amide bonds. The van der Waals surface area contributed by atoms with E-state index in [1.165, 1.54) is 12.1 Å². The van der Waals surface area contributed by atoms with Gasteiger partial charge in [-0.15, -0.1) is 4.52 Å². The van der Waals surface area contributed by atoms with Crippen molar-refractivity contribution < 1.29 is 4.92 Å². The highest BCUT2D eigenvalue weighted by atomic mass is 16.6. The molecule has 0 atom stereocenters. The number of hydrogen-bond donors (Lipinski definition) is 1. The molecular weight excluding hydrogens is 248 g/mol. The van der Waals surface area contributed by atoms with Crippen LogP contribution in [0.3, 0.4) is 0 Å². The summed E-state index contributed by atoms with van der Waals surface area (Å²) in [4.78, 5) is 26.2. The number of nitrogens with one attached hydrogen (secondary N) is 1. The summed E-state index contributed by atoms with van der Waals surface area (Å²) in [7, 11) is 0. The van der Waals surface area contributed by atoms with Crippen molar-refractivity contribution in [1.29, 1.82) is 0 Å². The van der Waals surface area contributed by atoms with Crippen molar-refractivity contribution in [3.63, 3.8) is 0 Å². The van der Waals surface area contributed by atoms with Crippen molar-refractivity contribution in [2.45, 2.75) is 0 Å². The Bertz CT molecular complexity index is 820. The Morgan fingerprint density at radius 1 is 1.21 bits per heavy atom. The summed E-state index contributed by atoms with van der Waals surface area (Å²) in [6, 6.07) is 11.7. The predicted molar refractivity (Wildman–Crippen MR) is 67.9 cm³/mol. The molecular formula is C12H8N4O3. The van der Waals surface area contributed by atoms with Gasteiger partial charge in [-0.25, -0.2) is 4.98 Å². The summed E-state index contributed by atoms with van der Waals surface area (Å²) in [5.41, 5.74) is 1.10. The molecule has 3 aromatic rings. The van der Waals surface area contributed by atoms with Crippen molar-refractivity contribution >= 4 is 11.5 Å². The molecule has 0 saturated carbocycles. The summed E-state index contributed by atoms with van der Waals surface area (Å²) in [5.74, 6) is -0.269. The molecule has 0 unspecified atom stereocenters. The van der Waals surface area contributed by atoms with Gasteiger partial charge in [-0.05, 0) is 4.92 Å². The molecule has 94 valence electrons. The van der Waals surface area contributed by atoms with E-state index in [0.29, 0.717) is 5.69 Å². The van der Waals surface area contributed by atoms with Gasteiger partial charge < -0.3 is 10.1 Å². The maximum Gasteiger partial charge on any atom is 0.343 e. The molecule has 1 aromatic carbocycles. The van der Waals surface area contributed by atoms with Crippen molar-refractivity contribution in [3.8, 4) is 11.3 Å². The number of aromatic amines is 1. The number of H-pyrrole nitrogens is 1. The molecule has 0 bridgehead atoms. The van der Waals surface area contributed by atoms with Gasteiger partial charge in [0, 0.05) is 11.6 Å². The van der Waals surface area contributed by atoms with E-state index in [2.05, 4.69) is 10.1 Å². The Hall–Kier alpha value is -2.96. The van der Waals surface area contributed by atoms with Gasteiger partial charge in [0.25, 0.3) is 5.56 Å². The van der Waals surface area contributed by atoms with Gasteiger partial charge in [-0.2, -0.15) is 5.10 Å². The van der Waals surface area contributed by atoms with Gasteiger partial charge in [0.15, 0.2) is 5.65 Å². The zero-order valence-electron chi connectivity index (χ0n) is 9.61. The van der Waals surface area contributed by atoms with Gasteiger partial charge in [0.2, 0.25) is 0 Å². The third-order valence-electron chi connectivity index (χ3n) is 2.70. The zero-order chi connectivity index (χ0) is 13.4. The second-order valence-corrected chi connectivity index (χ2v) is 3.94. The second-order valence-electron chi connectivity index (χ2n) is 3.94. The van der Waals surface area contributed by atoms with E-state index in [1.807, 2.05) is 30.3 Å². The molecule has 0 spiro atoms. The Kier molecular flexibility index (Phi) is 2.38. The van der Waals surface area contributed by atoms with Crippen LogP contribution < -0.4 is 5.56 Å². The molecule has 2 heterocycles. The number of fused-ring (bicyclic) bond motifs is 1. The zero-order valence-corrected chi connectivity index (χ0v) is 9.61. The summed E-state index contributed by atoms with van der Waals surface area (Å²) in [6.45, 7) is 0. The molecule has 7 nitrogen and oxygen atoms in total. The Labute approximate surface area is 106 Å². The number of nitrogens with zero attached hydrogens (tertiary/aromatic N) is 3. The van der Waals surface area contributed by atoms with Crippen molar-refractivity contribution in [3.05, 3.63) is 62.9 Å². The molecule has 2 aromatic heterocycles. The van der Waals surface area contributed by atoms with Gasteiger partial charge >= 0.3 is 5.82 Å². The summed E-state index contributed by atoms with van der Waals surface area (Å²) in [5, 5.41) is 13.1. The lowest BCUT2D eigenvalue weighted by atomic mass is 10.1. The van der Waals surface area contributed by atoms with E-state index in [-0.39, 0.29) is 11.5 Å². The smallest absolute Gasteiger partial charge is 0.343 e. The lowest BCUT2D eigenvalue weighted by Crippen LogP contribution is -2.14. The Morgan fingerprint density at radius 2 is 1.95 bits per heavy atom. The topological polar surface area (TPSA) is 93.3 Å². The standard InChI is InChI=1S/C12H8N4O3/c17-12-6-9(8-4-2-1-3-5-8)13-10-7-11(16(18)19)14-15(10)12/h1-7,14H. The first-order valence-corrected chi connectivity index (χ1v) is 5.48. The summed E-state index contributed by atoms with van der Waals surface area (Å²) in [6.07, 6.45) is 0. The fraction of sp³-hybridized carbons (Fsp3) is 0. The molecule has 1 N–H and O–H groups in total. The molecule has 3 rings (SSSR count). The number of nitro groups is 1. The minimum atomic E-state index is -0.601. The number of hydrogen-bond acceptors (Lipinski definition) is 4. The average molecular weight is 256 g/mol. The van der Waals surface area contributed by atoms with Gasteiger partial charge in [0.1, 0.15) is 0 Å². The van der Waals surface area contributed by atoms with E-state index >= 15 is 0 Å². The number of aromatic nitrogens is 3. The first-order valence-electron chi connectivity index (χ1n) is 5.48. The second kappa shape index (κ2) is 4.05. The molecule has 0 aliphatic carbocycles. The van der Waals surface area contributed by atoms with Crippen LogP contribution in [0.5, 0.6) is 0 Å². The van der Waals surface area contributed by atoms with E-state index < -0.39 is 10.5 Å². The fourth-order valence-corrected chi connectivity index (χ4v) is 1.83. The van der Waals surface area contributed by atoms with Gasteiger partial charge in [-0.3, -0.25) is 4.79 Å². The Balaban J connectivity index is 2.25. The monoisotopic (exact) mass is 256 g/mol. The number of benzene rings is 1. The van der Waals surface area contributed by atoms with Crippen molar-refractivity contribution in [1.82, 2.24) is 14.6 Å². The van der Waals surface area contributed by atoms with Gasteiger partial charge in [-0.1, -0.05) is 30.3 Å². The minimum Gasteiger partial charge on any atom is -0.358 e. The highest BCUT2D eigenvalue weighted by molar-refractivity contribution is 5.61. The molecule has 0 radical (unpaired) electrons. The van der Waals surface area contributed by atoms with Crippen LogP contribution in [0.2, 0.25) is 0 Å². The van der Waals surface area contributed by atoms with Crippen LogP contribution in [0.25, 0.3) is 16.9 Å².